The SMILES string of the molecule is CCC(C)c1ccc(C(=O)C(=O)N2CCCCC2)cc1. The largest absolute Gasteiger partial charge is 0.336 e. The summed E-state index contributed by atoms with van der Waals surface area (Å²) in [6.45, 7) is 5.74. The summed E-state index contributed by atoms with van der Waals surface area (Å²) in [5.41, 5.74) is 1.72. The summed E-state index contributed by atoms with van der Waals surface area (Å²) in [4.78, 5) is 26.0. The van der Waals surface area contributed by atoms with Crippen molar-refractivity contribution in [1.29, 1.82) is 0 Å². The first-order valence-corrected chi connectivity index (χ1v) is 7.57. The number of hydrogen-bond acceptors (Lipinski definition) is 2. The van der Waals surface area contributed by atoms with Gasteiger partial charge >= 0.3 is 0 Å². The molecule has 0 saturated carbocycles. The van der Waals surface area contributed by atoms with Crippen LogP contribution in [0.1, 0.15) is 61.4 Å². The maximum absolute atomic E-state index is 12.2. The molecule has 1 fully saturated rings. The van der Waals surface area contributed by atoms with Crippen LogP contribution in [0, 0.1) is 0 Å². The van der Waals surface area contributed by atoms with Gasteiger partial charge in [-0.2, -0.15) is 0 Å². The zero-order valence-electron chi connectivity index (χ0n) is 12.4. The van der Waals surface area contributed by atoms with E-state index in [4.69, 9.17) is 0 Å². The second kappa shape index (κ2) is 6.69. The number of ketones is 1. The molecule has 1 heterocycles. The van der Waals surface area contributed by atoms with Gasteiger partial charge in [0.05, 0.1) is 0 Å². The molecule has 0 spiro atoms. The summed E-state index contributed by atoms with van der Waals surface area (Å²) in [6.07, 6.45) is 4.24. The maximum Gasteiger partial charge on any atom is 0.294 e. The Morgan fingerprint density at radius 3 is 2.25 bits per heavy atom. The summed E-state index contributed by atoms with van der Waals surface area (Å²) < 4.78 is 0. The lowest BCUT2D eigenvalue weighted by atomic mass is 9.96. The normalized spacial score (nSPS) is 16.8. The monoisotopic (exact) mass is 273 g/mol. The second-order valence-corrected chi connectivity index (χ2v) is 5.61. The Morgan fingerprint density at radius 1 is 1.10 bits per heavy atom. The Morgan fingerprint density at radius 2 is 1.70 bits per heavy atom. The van der Waals surface area contributed by atoms with E-state index in [1.807, 2.05) is 12.1 Å². The molecule has 0 aliphatic carbocycles. The first-order chi connectivity index (χ1) is 9.63. The average molecular weight is 273 g/mol. The highest BCUT2D eigenvalue weighted by molar-refractivity contribution is 6.42. The van der Waals surface area contributed by atoms with E-state index in [9.17, 15) is 9.59 Å². The number of carbonyl (C=O) groups excluding carboxylic acids is 2. The van der Waals surface area contributed by atoms with Gasteiger partial charge in [0.25, 0.3) is 5.91 Å². The van der Waals surface area contributed by atoms with Crippen molar-refractivity contribution in [2.24, 2.45) is 0 Å². The highest BCUT2D eigenvalue weighted by Gasteiger charge is 2.24. The molecule has 1 saturated heterocycles. The third kappa shape index (κ3) is 3.27. The van der Waals surface area contributed by atoms with Crippen LogP contribution in [0.2, 0.25) is 0 Å². The molecular weight excluding hydrogens is 250 g/mol. The molecular formula is C17H23NO2. The number of Topliss-reactive ketones (excluding diaryl/α,β-unsaturated/α-hetero) is 1. The van der Waals surface area contributed by atoms with Crippen LogP contribution in [0.25, 0.3) is 0 Å². The predicted molar refractivity (Wildman–Crippen MR) is 79.9 cm³/mol. The smallest absolute Gasteiger partial charge is 0.294 e. The van der Waals surface area contributed by atoms with Crippen molar-refractivity contribution in [3.05, 3.63) is 35.4 Å². The minimum Gasteiger partial charge on any atom is -0.336 e. The molecule has 0 radical (unpaired) electrons. The molecule has 0 aromatic heterocycles. The third-order valence-electron chi connectivity index (χ3n) is 4.19. The molecule has 2 rings (SSSR count). The number of hydrogen-bond donors (Lipinski definition) is 0. The Balaban J connectivity index is 2.06. The third-order valence-corrected chi connectivity index (χ3v) is 4.19. The molecule has 108 valence electrons. The van der Waals surface area contributed by atoms with Crippen LogP contribution in [0.5, 0.6) is 0 Å². The van der Waals surface area contributed by atoms with Gasteiger partial charge in [-0.05, 0) is 37.2 Å². The van der Waals surface area contributed by atoms with E-state index < -0.39 is 0 Å². The highest BCUT2D eigenvalue weighted by Crippen LogP contribution is 2.19. The minimum absolute atomic E-state index is 0.346. The molecule has 1 atom stereocenters. The van der Waals surface area contributed by atoms with Crippen LogP contribution < -0.4 is 0 Å². The van der Waals surface area contributed by atoms with Crippen molar-refractivity contribution in [2.75, 3.05) is 13.1 Å². The molecule has 0 N–H and O–H groups in total. The van der Waals surface area contributed by atoms with Gasteiger partial charge in [0.15, 0.2) is 0 Å². The first-order valence-electron chi connectivity index (χ1n) is 7.57. The fraction of sp³-hybridized carbons (Fsp3) is 0.529. The Bertz CT molecular complexity index is 472. The fourth-order valence-corrected chi connectivity index (χ4v) is 2.56. The molecule has 1 aromatic rings. The molecule has 1 aliphatic rings. The summed E-state index contributed by atoms with van der Waals surface area (Å²) >= 11 is 0. The lowest BCUT2D eigenvalue weighted by Crippen LogP contribution is -2.40. The van der Waals surface area contributed by atoms with Gasteiger partial charge in [0.1, 0.15) is 0 Å². The van der Waals surface area contributed by atoms with E-state index in [0.29, 0.717) is 11.5 Å². The number of likely N-dealkylation sites (tertiary alicyclic amines) is 1. The fourth-order valence-electron chi connectivity index (χ4n) is 2.56. The van der Waals surface area contributed by atoms with Gasteiger partial charge < -0.3 is 4.90 Å². The average Bonchev–Trinajstić information content (AvgIpc) is 2.53. The van der Waals surface area contributed by atoms with Crippen LogP contribution >= 0.6 is 0 Å². The first kappa shape index (κ1) is 14.8. The summed E-state index contributed by atoms with van der Waals surface area (Å²) in [6, 6.07) is 7.49. The van der Waals surface area contributed by atoms with Crippen LogP contribution in [0.15, 0.2) is 24.3 Å². The Hall–Kier alpha value is -1.64. The number of rotatable bonds is 4. The number of carbonyl (C=O) groups is 2. The number of benzene rings is 1. The van der Waals surface area contributed by atoms with Gasteiger partial charge in [-0.25, -0.2) is 0 Å². The Kier molecular flexibility index (Phi) is 4.94. The molecule has 1 unspecified atom stereocenters. The van der Waals surface area contributed by atoms with E-state index >= 15 is 0 Å². The summed E-state index contributed by atoms with van der Waals surface area (Å²) in [7, 11) is 0. The van der Waals surface area contributed by atoms with Crippen molar-refractivity contribution in [2.45, 2.75) is 45.4 Å². The van der Waals surface area contributed by atoms with Crippen molar-refractivity contribution < 1.29 is 9.59 Å². The van der Waals surface area contributed by atoms with Crippen molar-refractivity contribution in [1.82, 2.24) is 4.90 Å². The van der Waals surface area contributed by atoms with E-state index in [1.54, 1.807) is 17.0 Å². The molecule has 1 amide bonds. The van der Waals surface area contributed by atoms with Crippen molar-refractivity contribution in [3.8, 4) is 0 Å². The van der Waals surface area contributed by atoms with E-state index in [2.05, 4.69) is 13.8 Å². The van der Waals surface area contributed by atoms with Crippen LogP contribution in [0.3, 0.4) is 0 Å². The predicted octanol–water partition coefficient (Wildman–Crippen LogP) is 3.40. The Labute approximate surface area is 121 Å². The van der Waals surface area contributed by atoms with Gasteiger partial charge in [0, 0.05) is 18.7 Å². The topological polar surface area (TPSA) is 37.4 Å². The molecule has 0 bridgehead atoms. The second-order valence-electron chi connectivity index (χ2n) is 5.61. The number of nitrogens with zero attached hydrogens (tertiary/aromatic N) is 1. The van der Waals surface area contributed by atoms with Gasteiger partial charge in [0.2, 0.25) is 5.78 Å². The summed E-state index contributed by atoms with van der Waals surface area (Å²) in [5.74, 6) is -0.236. The standard InChI is InChI=1S/C17H23NO2/c1-3-13(2)14-7-9-15(10-8-14)16(19)17(20)18-11-5-4-6-12-18/h7-10,13H,3-6,11-12H2,1-2H3. The van der Waals surface area contributed by atoms with E-state index in [-0.39, 0.29) is 11.7 Å². The van der Waals surface area contributed by atoms with Crippen molar-refractivity contribution in [3.63, 3.8) is 0 Å². The molecule has 1 aliphatic heterocycles. The molecule has 3 nitrogen and oxygen atoms in total. The van der Waals surface area contributed by atoms with Crippen molar-refractivity contribution >= 4 is 11.7 Å². The van der Waals surface area contributed by atoms with Crippen LogP contribution in [-0.4, -0.2) is 29.7 Å². The van der Waals surface area contributed by atoms with Gasteiger partial charge in [-0.1, -0.05) is 38.1 Å². The zero-order chi connectivity index (χ0) is 14.5. The zero-order valence-corrected chi connectivity index (χ0v) is 12.4. The maximum atomic E-state index is 12.2. The quantitative estimate of drug-likeness (QED) is 0.623. The van der Waals surface area contributed by atoms with Crippen LogP contribution in [-0.2, 0) is 4.79 Å². The highest BCUT2D eigenvalue weighted by atomic mass is 16.2. The lowest BCUT2D eigenvalue weighted by molar-refractivity contribution is -0.127. The summed E-state index contributed by atoms with van der Waals surface area (Å²) in [5, 5.41) is 0. The molecule has 1 aromatic carbocycles. The number of amides is 1. The molecule has 3 heteroatoms. The lowest BCUT2D eigenvalue weighted by Gasteiger charge is -2.25. The van der Waals surface area contributed by atoms with Gasteiger partial charge in [-0.15, -0.1) is 0 Å². The van der Waals surface area contributed by atoms with E-state index in [1.165, 1.54) is 5.56 Å². The van der Waals surface area contributed by atoms with E-state index in [0.717, 1.165) is 38.8 Å². The minimum atomic E-state index is -0.373. The number of piperidine rings is 1. The van der Waals surface area contributed by atoms with Crippen LogP contribution in [0.4, 0.5) is 0 Å². The van der Waals surface area contributed by atoms with Gasteiger partial charge in [-0.3, -0.25) is 9.59 Å². The molecule has 20 heavy (non-hydrogen) atoms.